The predicted octanol–water partition coefficient (Wildman–Crippen LogP) is 3.95. The van der Waals surface area contributed by atoms with Gasteiger partial charge in [0.05, 0.1) is 10.6 Å². The lowest BCUT2D eigenvalue weighted by Crippen LogP contribution is -2.19. The van der Waals surface area contributed by atoms with Crippen LogP contribution in [0.4, 0.5) is 5.69 Å². The number of amides is 1. The molecule has 2 aromatic rings. The van der Waals surface area contributed by atoms with Crippen molar-refractivity contribution in [3.8, 4) is 0 Å². The van der Waals surface area contributed by atoms with Crippen LogP contribution in [-0.4, -0.2) is 11.1 Å². The maximum atomic E-state index is 11.9. The van der Waals surface area contributed by atoms with E-state index in [4.69, 9.17) is 0 Å². The number of rotatable bonds is 2. The van der Waals surface area contributed by atoms with Crippen molar-refractivity contribution in [2.24, 2.45) is 4.99 Å². The van der Waals surface area contributed by atoms with Crippen LogP contribution in [0, 0.1) is 6.92 Å². The van der Waals surface area contributed by atoms with Gasteiger partial charge >= 0.3 is 0 Å². The van der Waals surface area contributed by atoms with Gasteiger partial charge in [0.25, 0.3) is 5.91 Å². The first-order valence-corrected chi connectivity index (χ1v) is 7.81. The first kappa shape index (κ1) is 13.1. The molecule has 0 radical (unpaired) electrons. The average Bonchev–Trinajstić information content (AvgIpc) is 2.99. The molecule has 0 aliphatic carbocycles. The van der Waals surface area contributed by atoms with Crippen LogP contribution in [-0.2, 0) is 4.79 Å². The van der Waals surface area contributed by atoms with Crippen LogP contribution in [0.15, 0.2) is 51.7 Å². The molecule has 1 aliphatic heterocycles. The Labute approximate surface area is 125 Å². The highest BCUT2D eigenvalue weighted by molar-refractivity contribution is 8.18. The summed E-state index contributed by atoms with van der Waals surface area (Å²) < 4.78 is 0. The summed E-state index contributed by atoms with van der Waals surface area (Å²) in [7, 11) is 0. The van der Waals surface area contributed by atoms with Gasteiger partial charge in [0.2, 0.25) is 0 Å². The van der Waals surface area contributed by atoms with Crippen LogP contribution < -0.4 is 5.32 Å². The molecule has 0 saturated carbocycles. The van der Waals surface area contributed by atoms with Gasteiger partial charge in [-0.1, -0.05) is 18.2 Å². The zero-order valence-corrected chi connectivity index (χ0v) is 12.4. The molecule has 1 fully saturated rings. The number of aliphatic imine (C=N–C) groups is 1. The molecular weight excluding hydrogens is 288 g/mol. The number of hydrogen-bond donors (Lipinski definition) is 1. The molecule has 1 N–H and O–H groups in total. The van der Waals surface area contributed by atoms with Gasteiger partial charge in [0.1, 0.15) is 0 Å². The Kier molecular flexibility index (Phi) is 3.71. The van der Waals surface area contributed by atoms with Crippen LogP contribution in [0.5, 0.6) is 0 Å². The van der Waals surface area contributed by atoms with Crippen molar-refractivity contribution >= 4 is 45.9 Å². The molecule has 1 aromatic carbocycles. The second kappa shape index (κ2) is 5.64. The van der Waals surface area contributed by atoms with Gasteiger partial charge in [-0.05, 0) is 53.9 Å². The molecule has 0 bridgehead atoms. The maximum absolute atomic E-state index is 11.9. The van der Waals surface area contributed by atoms with Gasteiger partial charge < -0.3 is 5.32 Å². The molecule has 1 saturated heterocycles. The largest absolute Gasteiger partial charge is 0.300 e. The van der Waals surface area contributed by atoms with Crippen molar-refractivity contribution in [3.05, 3.63) is 57.1 Å². The van der Waals surface area contributed by atoms with Crippen LogP contribution in [0.25, 0.3) is 6.08 Å². The molecule has 100 valence electrons. The van der Waals surface area contributed by atoms with Gasteiger partial charge in [0.15, 0.2) is 5.17 Å². The normalized spacial score (nSPS) is 18.8. The lowest BCUT2D eigenvalue weighted by molar-refractivity contribution is -0.115. The van der Waals surface area contributed by atoms with E-state index in [0.717, 1.165) is 10.6 Å². The molecule has 0 unspecified atom stereocenters. The van der Waals surface area contributed by atoms with Crippen LogP contribution in [0.2, 0.25) is 0 Å². The van der Waals surface area contributed by atoms with Crippen LogP contribution in [0.3, 0.4) is 0 Å². The van der Waals surface area contributed by atoms with E-state index in [2.05, 4.69) is 10.3 Å². The zero-order valence-electron chi connectivity index (χ0n) is 10.8. The fourth-order valence-electron chi connectivity index (χ4n) is 1.75. The zero-order chi connectivity index (χ0) is 13.9. The molecule has 3 nitrogen and oxygen atoms in total. The third-order valence-corrected chi connectivity index (χ3v) is 4.68. The number of thiophene rings is 1. The van der Waals surface area contributed by atoms with Crippen molar-refractivity contribution in [2.75, 3.05) is 0 Å². The predicted molar refractivity (Wildman–Crippen MR) is 86.3 cm³/mol. The summed E-state index contributed by atoms with van der Waals surface area (Å²) in [5.41, 5.74) is 2.02. The average molecular weight is 300 g/mol. The number of nitrogens with zero attached hydrogens (tertiary/aromatic N) is 1. The molecule has 1 amide bonds. The standard InChI is InChI=1S/C15H12N2OS2/c1-10-7-8-19-12(10)9-13-14(18)17-15(20-13)16-11-5-3-2-4-6-11/h2-9H,1H3,(H,16,17,18)/b13-9+. The number of thioether (sulfide) groups is 1. The van der Waals surface area contributed by atoms with Crippen molar-refractivity contribution < 1.29 is 4.79 Å². The topological polar surface area (TPSA) is 41.5 Å². The number of aryl methyl sites for hydroxylation is 1. The summed E-state index contributed by atoms with van der Waals surface area (Å²) >= 11 is 3.01. The first-order chi connectivity index (χ1) is 9.72. The lowest BCUT2D eigenvalue weighted by atomic mass is 10.3. The summed E-state index contributed by atoms with van der Waals surface area (Å²) in [6.45, 7) is 2.04. The Balaban J connectivity index is 1.84. The summed E-state index contributed by atoms with van der Waals surface area (Å²) in [6.07, 6.45) is 1.92. The van der Waals surface area contributed by atoms with E-state index >= 15 is 0 Å². The monoisotopic (exact) mass is 300 g/mol. The van der Waals surface area contributed by atoms with Crippen LogP contribution in [0.1, 0.15) is 10.4 Å². The van der Waals surface area contributed by atoms with E-state index in [9.17, 15) is 4.79 Å². The highest BCUT2D eigenvalue weighted by Gasteiger charge is 2.24. The van der Waals surface area contributed by atoms with Gasteiger partial charge in [-0.15, -0.1) is 11.3 Å². The van der Waals surface area contributed by atoms with E-state index in [1.165, 1.54) is 17.3 Å². The number of amidine groups is 1. The quantitative estimate of drug-likeness (QED) is 0.853. The van der Waals surface area contributed by atoms with E-state index in [0.29, 0.717) is 10.1 Å². The molecule has 3 rings (SSSR count). The van der Waals surface area contributed by atoms with E-state index in [1.54, 1.807) is 11.3 Å². The van der Waals surface area contributed by atoms with Crippen molar-refractivity contribution in [1.29, 1.82) is 0 Å². The number of hydrogen-bond acceptors (Lipinski definition) is 4. The number of carbonyl (C=O) groups is 1. The molecule has 5 heteroatoms. The van der Waals surface area contributed by atoms with Crippen molar-refractivity contribution in [1.82, 2.24) is 5.32 Å². The number of nitrogens with one attached hydrogen (secondary N) is 1. The highest BCUT2D eigenvalue weighted by atomic mass is 32.2. The second-order valence-corrected chi connectivity index (χ2v) is 6.26. The SMILES string of the molecule is Cc1ccsc1/C=C1/SC(=Nc2ccccc2)NC1=O. The Morgan fingerprint density at radius 1 is 1.20 bits per heavy atom. The number of para-hydroxylation sites is 1. The van der Waals surface area contributed by atoms with Crippen molar-refractivity contribution in [3.63, 3.8) is 0 Å². The maximum Gasteiger partial charge on any atom is 0.264 e. The minimum atomic E-state index is -0.0857. The fourth-order valence-corrected chi connectivity index (χ4v) is 3.51. The minimum Gasteiger partial charge on any atom is -0.300 e. The van der Waals surface area contributed by atoms with Crippen LogP contribution >= 0.6 is 23.1 Å². The summed E-state index contributed by atoms with van der Waals surface area (Å²) in [5, 5.41) is 5.45. The van der Waals surface area contributed by atoms with Gasteiger partial charge in [-0.25, -0.2) is 4.99 Å². The van der Waals surface area contributed by atoms with E-state index in [1.807, 2.05) is 54.8 Å². The van der Waals surface area contributed by atoms with Crippen molar-refractivity contribution in [2.45, 2.75) is 6.92 Å². The summed E-state index contributed by atoms with van der Waals surface area (Å²) in [6, 6.07) is 11.7. The molecule has 0 atom stereocenters. The summed E-state index contributed by atoms with van der Waals surface area (Å²) in [5.74, 6) is -0.0857. The Morgan fingerprint density at radius 2 is 2.00 bits per heavy atom. The molecule has 20 heavy (non-hydrogen) atoms. The minimum absolute atomic E-state index is 0.0857. The number of carbonyl (C=O) groups excluding carboxylic acids is 1. The van der Waals surface area contributed by atoms with E-state index < -0.39 is 0 Å². The lowest BCUT2D eigenvalue weighted by Gasteiger charge is -1.94. The molecule has 0 spiro atoms. The Bertz CT molecular complexity index is 702. The highest BCUT2D eigenvalue weighted by Crippen LogP contribution is 2.30. The third-order valence-electron chi connectivity index (χ3n) is 2.80. The molecular formula is C15H12N2OS2. The second-order valence-electron chi connectivity index (χ2n) is 4.29. The molecule has 1 aromatic heterocycles. The fraction of sp³-hybridized carbons (Fsp3) is 0.0667. The number of benzene rings is 1. The van der Waals surface area contributed by atoms with Gasteiger partial charge in [-0.2, -0.15) is 0 Å². The smallest absolute Gasteiger partial charge is 0.264 e. The summed E-state index contributed by atoms with van der Waals surface area (Å²) in [4.78, 5) is 18.2. The van der Waals surface area contributed by atoms with Gasteiger partial charge in [0, 0.05) is 4.88 Å². The first-order valence-electron chi connectivity index (χ1n) is 6.11. The molecule has 2 heterocycles. The third kappa shape index (κ3) is 2.84. The molecule has 1 aliphatic rings. The van der Waals surface area contributed by atoms with Gasteiger partial charge in [-0.3, -0.25) is 4.79 Å². The Hall–Kier alpha value is -1.85. The van der Waals surface area contributed by atoms with E-state index in [-0.39, 0.29) is 5.91 Å². The Morgan fingerprint density at radius 3 is 2.70 bits per heavy atom.